The summed E-state index contributed by atoms with van der Waals surface area (Å²) in [5, 5.41) is 0. The van der Waals surface area contributed by atoms with Gasteiger partial charge >= 0.3 is 0 Å². The summed E-state index contributed by atoms with van der Waals surface area (Å²) in [6, 6.07) is 0. The van der Waals surface area contributed by atoms with Crippen molar-refractivity contribution in [2.75, 3.05) is 0 Å². The third kappa shape index (κ3) is 2.03. The van der Waals surface area contributed by atoms with E-state index >= 15 is 0 Å². The van der Waals surface area contributed by atoms with Crippen LogP contribution in [0.3, 0.4) is 0 Å². The maximum Gasteiger partial charge on any atom is 0.0347 e. The Kier molecular flexibility index (Phi) is 2.70. The van der Waals surface area contributed by atoms with E-state index in [4.69, 9.17) is 1.37 Å². The van der Waals surface area contributed by atoms with Crippen LogP contribution in [0.25, 0.3) is 0 Å². The third-order valence-corrected chi connectivity index (χ3v) is 4.14. The van der Waals surface area contributed by atoms with Gasteiger partial charge in [-0.1, -0.05) is 34.6 Å². The minimum Gasteiger partial charge on any atom is -0.145 e. The van der Waals surface area contributed by atoms with E-state index in [0.717, 1.165) is 0 Å². The molecule has 0 unspecified atom stereocenters. The Morgan fingerprint density at radius 3 is 1.93 bits per heavy atom. The quantitative estimate of drug-likeness (QED) is 0.627. The predicted molar refractivity (Wildman–Crippen MR) is 66.6 cm³/mol. The lowest BCUT2D eigenvalue weighted by Gasteiger charge is -2.18. The van der Waals surface area contributed by atoms with Crippen molar-refractivity contribution in [1.82, 2.24) is 0 Å². The lowest BCUT2D eigenvalue weighted by atomic mass is 9.88. The van der Waals surface area contributed by atoms with Crippen LogP contribution in [-0.2, 0) is 5.41 Å². The molecule has 80 valence electrons. The molecule has 0 amide bonds. The highest BCUT2D eigenvalue weighted by Crippen LogP contribution is 2.39. The molecule has 1 heterocycles. The Labute approximate surface area is 93.8 Å². The van der Waals surface area contributed by atoms with Crippen molar-refractivity contribution in [2.45, 2.75) is 59.8 Å². The van der Waals surface area contributed by atoms with E-state index in [9.17, 15) is 0 Å². The van der Waals surface area contributed by atoms with Crippen molar-refractivity contribution in [3.05, 3.63) is 20.9 Å². The summed E-state index contributed by atoms with van der Waals surface area (Å²) < 4.78 is 8.18. The topological polar surface area (TPSA) is 0 Å². The van der Waals surface area contributed by atoms with Crippen molar-refractivity contribution in [2.24, 2.45) is 0 Å². The smallest absolute Gasteiger partial charge is 0.0347 e. The molecule has 0 spiro atoms. The van der Waals surface area contributed by atoms with Crippen LogP contribution in [0.2, 0.25) is 0 Å². The van der Waals surface area contributed by atoms with E-state index in [1.54, 1.807) is 0 Å². The zero-order valence-corrected chi connectivity index (χ0v) is 11.2. The molecule has 0 aliphatic heterocycles. The van der Waals surface area contributed by atoms with E-state index in [-0.39, 0.29) is 5.41 Å². The van der Waals surface area contributed by atoms with Crippen LogP contribution >= 0.6 is 11.3 Å². The fourth-order valence-electron chi connectivity index (χ4n) is 2.10. The number of aryl methyl sites for hydroxylation is 1. The monoisotopic (exact) mass is 211 g/mol. The van der Waals surface area contributed by atoms with Crippen LogP contribution < -0.4 is 0 Å². The number of rotatable bonds is 1. The van der Waals surface area contributed by atoms with Gasteiger partial charge in [-0.3, -0.25) is 0 Å². The molecule has 14 heavy (non-hydrogen) atoms. The lowest BCUT2D eigenvalue weighted by molar-refractivity contribution is 0.599. The summed E-state index contributed by atoms with van der Waals surface area (Å²) in [5.41, 5.74) is 2.74. The molecule has 0 fully saturated rings. The minimum absolute atomic E-state index is 0.197. The van der Waals surface area contributed by atoms with Crippen molar-refractivity contribution >= 4 is 11.3 Å². The molecular weight excluding hydrogens is 188 g/mol. The molecule has 1 heteroatoms. The molecule has 0 aliphatic rings. The maximum atomic E-state index is 8.18. The zero-order valence-electron chi connectivity index (χ0n) is 11.4. The van der Waals surface area contributed by atoms with E-state index in [1.165, 1.54) is 20.9 Å². The first-order valence-electron chi connectivity index (χ1n) is 5.66. The summed E-state index contributed by atoms with van der Waals surface area (Å²) in [5.74, 6) is -0.478. The Bertz CT molecular complexity index is 361. The summed E-state index contributed by atoms with van der Waals surface area (Å²) >= 11 is 1.85. The average Bonchev–Trinajstić information content (AvgIpc) is 2.22. The van der Waals surface area contributed by atoms with Gasteiger partial charge in [0.15, 0.2) is 0 Å². The molecule has 0 aliphatic carbocycles. The standard InChI is InChI=1S/C13H22S/c1-8(2)11-9(3)12(13(5,6)7)14-10(11)4/h8H,1-7H3/i8D. The molecule has 0 bridgehead atoms. The van der Waals surface area contributed by atoms with Gasteiger partial charge in [-0.2, -0.15) is 0 Å². The first kappa shape index (κ1) is 10.2. The summed E-state index contributed by atoms with van der Waals surface area (Å²) in [7, 11) is 0. The number of thiophene rings is 1. The molecule has 0 saturated heterocycles. The maximum absolute atomic E-state index is 8.18. The van der Waals surface area contributed by atoms with Gasteiger partial charge in [0, 0.05) is 11.1 Å². The Morgan fingerprint density at radius 2 is 1.71 bits per heavy atom. The third-order valence-electron chi connectivity index (χ3n) is 2.50. The van der Waals surface area contributed by atoms with Crippen LogP contribution in [0.4, 0.5) is 0 Å². The Hall–Kier alpha value is -0.300. The minimum atomic E-state index is -0.478. The molecule has 0 nitrogen and oxygen atoms in total. The largest absolute Gasteiger partial charge is 0.145 e. The van der Waals surface area contributed by atoms with Crippen LogP contribution in [-0.4, -0.2) is 0 Å². The second-order valence-electron chi connectivity index (χ2n) is 5.24. The van der Waals surface area contributed by atoms with Crippen LogP contribution in [0.15, 0.2) is 0 Å². The molecule has 1 aromatic heterocycles. The molecule has 1 aromatic rings. The normalized spacial score (nSPS) is 14.4. The average molecular weight is 211 g/mol. The second-order valence-corrected chi connectivity index (χ2v) is 6.46. The van der Waals surface area contributed by atoms with E-state index in [1.807, 2.05) is 25.2 Å². The van der Waals surface area contributed by atoms with Crippen molar-refractivity contribution < 1.29 is 1.37 Å². The van der Waals surface area contributed by atoms with Crippen molar-refractivity contribution in [3.63, 3.8) is 0 Å². The summed E-state index contributed by atoms with van der Waals surface area (Å²) in [6.45, 7) is 15.0. The van der Waals surface area contributed by atoms with Gasteiger partial charge in [0.2, 0.25) is 0 Å². The lowest BCUT2D eigenvalue weighted by Crippen LogP contribution is -2.10. The van der Waals surface area contributed by atoms with Crippen LogP contribution in [0.1, 0.15) is 62.8 Å². The summed E-state index contributed by atoms with van der Waals surface area (Å²) in [6.07, 6.45) is 0. The van der Waals surface area contributed by atoms with Gasteiger partial charge in [-0.15, -0.1) is 11.3 Å². The van der Waals surface area contributed by atoms with Crippen LogP contribution in [0, 0.1) is 13.8 Å². The SMILES string of the molecule is [2H]C(C)(C)c1c(C)sc(C(C)(C)C)c1C. The van der Waals surface area contributed by atoms with Crippen molar-refractivity contribution in [1.29, 1.82) is 0 Å². The highest BCUT2D eigenvalue weighted by atomic mass is 32.1. The highest BCUT2D eigenvalue weighted by Gasteiger charge is 2.23. The fourth-order valence-corrected chi connectivity index (χ4v) is 3.43. The van der Waals surface area contributed by atoms with E-state index < -0.39 is 5.89 Å². The van der Waals surface area contributed by atoms with Crippen molar-refractivity contribution in [3.8, 4) is 0 Å². The number of hydrogen-bond acceptors (Lipinski definition) is 1. The fraction of sp³-hybridized carbons (Fsp3) is 0.692. The number of hydrogen-bond donors (Lipinski definition) is 0. The molecular formula is C13H22S. The first-order chi connectivity index (χ1) is 6.55. The summed E-state index contributed by atoms with van der Waals surface area (Å²) in [4.78, 5) is 2.73. The molecule has 0 atom stereocenters. The van der Waals surface area contributed by atoms with E-state index in [2.05, 4.69) is 34.6 Å². The van der Waals surface area contributed by atoms with Gasteiger partial charge < -0.3 is 0 Å². The van der Waals surface area contributed by atoms with Gasteiger partial charge in [-0.25, -0.2) is 0 Å². The Morgan fingerprint density at radius 1 is 1.21 bits per heavy atom. The highest BCUT2D eigenvalue weighted by molar-refractivity contribution is 7.12. The molecule has 1 rings (SSSR count). The van der Waals surface area contributed by atoms with Gasteiger partial charge in [0.1, 0.15) is 0 Å². The molecule has 0 radical (unpaired) electrons. The molecule has 0 N–H and O–H groups in total. The Balaban J connectivity index is 3.41. The first-order valence-corrected chi connectivity index (χ1v) is 5.97. The van der Waals surface area contributed by atoms with Crippen LogP contribution in [0.5, 0.6) is 0 Å². The molecule has 0 saturated carbocycles. The van der Waals surface area contributed by atoms with Gasteiger partial charge in [0.25, 0.3) is 0 Å². The second kappa shape index (κ2) is 3.69. The van der Waals surface area contributed by atoms with Gasteiger partial charge in [-0.05, 0) is 36.3 Å². The van der Waals surface area contributed by atoms with E-state index in [0.29, 0.717) is 0 Å². The predicted octanol–water partition coefficient (Wildman–Crippen LogP) is 4.79. The molecule has 0 aromatic carbocycles. The zero-order chi connectivity index (χ0) is 12.0. The van der Waals surface area contributed by atoms with Gasteiger partial charge in [0.05, 0.1) is 0 Å².